The van der Waals surface area contributed by atoms with Gasteiger partial charge in [-0.2, -0.15) is 13.2 Å². The minimum Gasteiger partial charge on any atom is -0.481 e. The van der Waals surface area contributed by atoms with Crippen molar-refractivity contribution in [1.82, 2.24) is 9.97 Å². The van der Waals surface area contributed by atoms with Crippen molar-refractivity contribution in [2.75, 3.05) is 12.0 Å². The average Bonchev–Trinajstić information content (AvgIpc) is 2.74. The second kappa shape index (κ2) is 9.31. The Morgan fingerprint density at radius 3 is 2.17 bits per heavy atom. The van der Waals surface area contributed by atoms with E-state index < -0.39 is 35.3 Å². The molecular weight excluding hydrogens is 482 g/mol. The zero-order valence-corrected chi connectivity index (χ0v) is 18.5. The molecule has 13 heteroatoms. The van der Waals surface area contributed by atoms with Gasteiger partial charge in [-0.05, 0) is 49.7 Å². The zero-order chi connectivity index (χ0) is 26.1. The molecule has 2 heterocycles. The molecule has 0 fully saturated rings. The van der Waals surface area contributed by atoms with E-state index in [0.717, 1.165) is 12.1 Å². The molecule has 0 atom stereocenters. The number of aromatic nitrogens is 2. The van der Waals surface area contributed by atoms with Crippen molar-refractivity contribution in [3.05, 3.63) is 65.0 Å². The number of hydrogen-bond donors (Lipinski definition) is 1. The van der Waals surface area contributed by atoms with Crippen LogP contribution in [0.15, 0.2) is 42.6 Å². The van der Waals surface area contributed by atoms with E-state index >= 15 is 0 Å². The number of rotatable bonds is 6. The van der Waals surface area contributed by atoms with Crippen LogP contribution in [0.1, 0.15) is 27.2 Å². The van der Waals surface area contributed by atoms with Gasteiger partial charge in [0.25, 0.3) is 5.91 Å². The molecule has 0 bridgehead atoms. The first kappa shape index (κ1) is 25.6. The summed E-state index contributed by atoms with van der Waals surface area (Å²) in [7, 11) is 1.38. The molecule has 0 aliphatic heterocycles. The van der Waals surface area contributed by atoms with Crippen LogP contribution in [-0.2, 0) is 6.18 Å². The van der Waals surface area contributed by atoms with E-state index in [2.05, 4.69) is 14.7 Å². The molecule has 0 radical (unpaired) electrons. The number of aryl methyl sites for hydroxylation is 2. The van der Waals surface area contributed by atoms with Crippen molar-refractivity contribution in [2.24, 2.45) is 5.73 Å². The number of anilines is 3. The molecular formula is C22H18F6N4O3. The lowest BCUT2D eigenvalue weighted by molar-refractivity contribution is -0.274. The van der Waals surface area contributed by atoms with E-state index in [9.17, 15) is 31.1 Å². The molecule has 0 unspecified atom stereocenters. The van der Waals surface area contributed by atoms with E-state index in [1.54, 1.807) is 6.92 Å². The second-order valence-corrected chi connectivity index (χ2v) is 7.25. The first-order valence-corrected chi connectivity index (χ1v) is 9.76. The average molecular weight is 500 g/mol. The number of halogens is 6. The fraction of sp³-hybridized carbons (Fsp3) is 0.227. The van der Waals surface area contributed by atoms with Crippen LogP contribution in [-0.4, -0.2) is 29.3 Å². The standard InChI is InChI=1S/C22H18F6N4O3/c1-11-8-14(35-22(26,27)28)4-5-16(11)32(17-6-7-18(34-3)31-12(17)2)20-15(19(29)33)9-13(10-30-20)21(23,24)25/h4-10H,1-3H3,(H2,29,33). The summed E-state index contributed by atoms with van der Waals surface area (Å²) in [5.41, 5.74) is 4.59. The van der Waals surface area contributed by atoms with E-state index in [1.807, 2.05) is 0 Å². The van der Waals surface area contributed by atoms with Crippen molar-refractivity contribution in [2.45, 2.75) is 26.4 Å². The molecule has 2 aromatic heterocycles. The predicted octanol–water partition coefficient (Wildman–Crippen LogP) is 5.59. The minimum atomic E-state index is -4.93. The highest BCUT2D eigenvalue weighted by Crippen LogP contribution is 2.41. The summed E-state index contributed by atoms with van der Waals surface area (Å²) in [5.74, 6) is -1.77. The fourth-order valence-electron chi connectivity index (χ4n) is 3.29. The van der Waals surface area contributed by atoms with Gasteiger partial charge in [0.2, 0.25) is 5.88 Å². The van der Waals surface area contributed by atoms with Crippen LogP contribution in [0.3, 0.4) is 0 Å². The van der Waals surface area contributed by atoms with Gasteiger partial charge >= 0.3 is 12.5 Å². The summed E-state index contributed by atoms with van der Waals surface area (Å²) in [6.07, 6.45) is -9.21. The van der Waals surface area contributed by atoms with Gasteiger partial charge in [0.15, 0.2) is 0 Å². The number of benzene rings is 1. The molecule has 3 rings (SSSR count). The summed E-state index contributed by atoms with van der Waals surface area (Å²) in [6.45, 7) is 3.02. The number of methoxy groups -OCH3 is 1. The van der Waals surface area contributed by atoms with Gasteiger partial charge in [0, 0.05) is 12.3 Å². The van der Waals surface area contributed by atoms with Gasteiger partial charge in [0.1, 0.15) is 11.6 Å². The Hall–Kier alpha value is -4.03. The predicted molar refractivity (Wildman–Crippen MR) is 113 cm³/mol. The Balaban J connectivity index is 2.28. The summed E-state index contributed by atoms with van der Waals surface area (Å²) < 4.78 is 86.8. The summed E-state index contributed by atoms with van der Waals surface area (Å²) in [5, 5.41) is 0. The van der Waals surface area contributed by atoms with Crippen LogP contribution in [0.25, 0.3) is 0 Å². The first-order chi connectivity index (χ1) is 16.2. The van der Waals surface area contributed by atoms with Crippen molar-refractivity contribution >= 4 is 23.1 Å². The maximum Gasteiger partial charge on any atom is 0.573 e. The van der Waals surface area contributed by atoms with Gasteiger partial charge in [-0.15, -0.1) is 13.2 Å². The molecule has 3 aromatic rings. The molecule has 0 saturated carbocycles. The van der Waals surface area contributed by atoms with Gasteiger partial charge in [-0.1, -0.05) is 0 Å². The highest BCUT2D eigenvalue weighted by molar-refractivity contribution is 6.00. The van der Waals surface area contributed by atoms with Crippen molar-refractivity contribution in [3.8, 4) is 11.6 Å². The van der Waals surface area contributed by atoms with Crippen LogP contribution in [0.5, 0.6) is 11.6 Å². The number of amides is 1. The van der Waals surface area contributed by atoms with E-state index in [1.165, 1.54) is 37.1 Å². The number of ether oxygens (including phenoxy) is 2. The van der Waals surface area contributed by atoms with Gasteiger partial charge < -0.3 is 15.2 Å². The third-order valence-electron chi connectivity index (χ3n) is 4.80. The van der Waals surface area contributed by atoms with Gasteiger partial charge in [0.05, 0.1) is 35.3 Å². The smallest absolute Gasteiger partial charge is 0.481 e. The van der Waals surface area contributed by atoms with E-state index in [4.69, 9.17) is 10.5 Å². The van der Waals surface area contributed by atoms with E-state index in [0.29, 0.717) is 18.0 Å². The SMILES string of the molecule is COc1ccc(N(c2ccc(OC(F)(F)F)cc2C)c2ncc(C(F)(F)F)cc2C(N)=O)c(C)n1. The Morgan fingerprint density at radius 2 is 1.66 bits per heavy atom. The number of carbonyl (C=O) groups excluding carboxylic acids is 1. The number of nitrogens with zero attached hydrogens (tertiary/aromatic N) is 3. The quantitative estimate of drug-likeness (QED) is 0.444. The number of hydrogen-bond acceptors (Lipinski definition) is 6. The largest absolute Gasteiger partial charge is 0.573 e. The van der Waals surface area contributed by atoms with Crippen LogP contribution >= 0.6 is 0 Å². The van der Waals surface area contributed by atoms with Crippen molar-refractivity contribution in [3.63, 3.8) is 0 Å². The minimum absolute atomic E-state index is 0.185. The van der Waals surface area contributed by atoms with Crippen LogP contribution in [0.4, 0.5) is 43.5 Å². The second-order valence-electron chi connectivity index (χ2n) is 7.25. The number of alkyl halides is 6. The molecule has 186 valence electrons. The highest BCUT2D eigenvalue weighted by Gasteiger charge is 2.34. The molecule has 0 aliphatic carbocycles. The van der Waals surface area contributed by atoms with Crippen LogP contribution in [0.2, 0.25) is 0 Å². The fourth-order valence-corrected chi connectivity index (χ4v) is 3.29. The Bertz CT molecular complexity index is 1260. The van der Waals surface area contributed by atoms with Crippen LogP contribution in [0, 0.1) is 13.8 Å². The Kier molecular flexibility index (Phi) is 6.81. The Morgan fingerprint density at radius 1 is 1.00 bits per heavy atom. The highest BCUT2D eigenvalue weighted by atomic mass is 19.4. The normalized spacial score (nSPS) is 11.8. The molecule has 0 aliphatic rings. The van der Waals surface area contributed by atoms with Crippen molar-refractivity contribution in [1.29, 1.82) is 0 Å². The summed E-state index contributed by atoms with van der Waals surface area (Å²) >= 11 is 0. The lowest BCUT2D eigenvalue weighted by atomic mass is 10.1. The summed E-state index contributed by atoms with van der Waals surface area (Å²) in [4.78, 5) is 21.5. The maximum atomic E-state index is 13.3. The molecule has 0 spiro atoms. The number of nitrogens with two attached hydrogens (primary N) is 1. The molecule has 0 saturated heterocycles. The van der Waals surface area contributed by atoms with Gasteiger partial charge in [-0.25, -0.2) is 9.97 Å². The first-order valence-electron chi connectivity index (χ1n) is 9.76. The lowest BCUT2D eigenvalue weighted by Crippen LogP contribution is -2.23. The lowest BCUT2D eigenvalue weighted by Gasteiger charge is -2.29. The number of carbonyl (C=O) groups is 1. The number of pyridine rings is 2. The van der Waals surface area contributed by atoms with E-state index in [-0.39, 0.29) is 28.6 Å². The topological polar surface area (TPSA) is 90.6 Å². The zero-order valence-electron chi connectivity index (χ0n) is 18.5. The maximum absolute atomic E-state index is 13.3. The molecule has 2 N–H and O–H groups in total. The van der Waals surface area contributed by atoms with Crippen LogP contribution < -0.4 is 20.1 Å². The summed E-state index contributed by atoms with van der Waals surface area (Å²) in [6, 6.07) is 6.86. The van der Waals surface area contributed by atoms with Gasteiger partial charge in [-0.3, -0.25) is 9.69 Å². The molecule has 7 nitrogen and oxygen atoms in total. The molecule has 1 aromatic carbocycles. The molecule has 1 amide bonds. The molecule has 35 heavy (non-hydrogen) atoms. The third-order valence-corrected chi connectivity index (χ3v) is 4.80. The third kappa shape index (κ3) is 5.73. The number of primary amides is 1. The van der Waals surface area contributed by atoms with Crippen molar-refractivity contribution < 1.29 is 40.6 Å². The monoisotopic (exact) mass is 500 g/mol. The Labute approximate surface area is 195 Å².